The number of ether oxygens (including phenoxy) is 1. The standard InChI is InChI=1S/C9H16N2O5/c1-2-3-4-16-9(15)11-5-7(12)10-6-8(13)14/h2-6H2,1H3,(H,10,12)(H,11,15)(H,13,14). The summed E-state index contributed by atoms with van der Waals surface area (Å²) in [6, 6.07) is 0. The van der Waals surface area contributed by atoms with Gasteiger partial charge in [0.25, 0.3) is 0 Å². The second-order valence-corrected chi connectivity index (χ2v) is 3.01. The van der Waals surface area contributed by atoms with Crippen molar-refractivity contribution in [3.63, 3.8) is 0 Å². The molecule has 16 heavy (non-hydrogen) atoms. The topological polar surface area (TPSA) is 105 Å². The van der Waals surface area contributed by atoms with Gasteiger partial charge in [0, 0.05) is 0 Å². The van der Waals surface area contributed by atoms with E-state index in [1.165, 1.54) is 0 Å². The summed E-state index contributed by atoms with van der Waals surface area (Å²) in [5.74, 6) is -1.71. The third-order valence-electron chi connectivity index (χ3n) is 1.56. The number of unbranched alkanes of at least 4 members (excludes halogenated alkanes) is 1. The molecule has 0 aromatic heterocycles. The van der Waals surface area contributed by atoms with Gasteiger partial charge >= 0.3 is 12.1 Å². The molecule has 0 aliphatic carbocycles. The zero-order chi connectivity index (χ0) is 12.4. The average Bonchev–Trinajstić information content (AvgIpc) is 2.24. The van der Waals surface area contributed by atoms with Gasteiger partial charge in [-0.3, -0.25) is 9.59 Å². The van der Waals surface area contributed by atoms with Crippen LogP contribution in [0.5, 0.6) is 0 Å². The molecule has 0 aromatic carbocycles. The van der Waals surface area contributed by atoms with Crippen LogP contribution in [0.15, 0.2) is 0 Å². The molecule has 0 fully saturated rings. The summed E-state index contributed by atoms with van der Waals surface area (Å²) in [6.07, 6.45) is 0.990. The number of amides is 2. The Hall–Kier alpha value is -1.79. The van der Waals surface area contributed by atoms with Crippen molar-refractivity contribution >= 4 is 18.0 Å². The van der Waals surface area contributed by atoms with Crippen LogP contribution in [0.2, 0.25) is 0 Å². The molecule has 0 bridgehead atoms. The smallest absolute Gasteiger partial charge is 0.407 e. The second-order valence-electron chi connectivity index (χ2n) is 3.01. The van der Waals surface area contributed by atoms with Gasteiger partial charge in [0.05, 0.1) is 6.61 Å². The highest BCUT2D eigenvalue weighted by Gasteiger charge is 2.06. The molecule has 92 valence electrons. The highest BCUT2D eigenvalue weighted by Crippen LogP contribution is 1.87. The first-order chi connectivity index (χ1) is 7.56. The van der Waals surface area contributed by atoms with Crippen molar-refractivity contribution in [2.24, 2.45) is 0 Å². The number of aliphatic carboxylic acids is 1. The van der Waals surface area contributed by atoms with Gasteiger partial charge in [-0.25, -0.2) is 4.79 Å². The van der Waals surface area contributed by atoms with Gasteiger partial charge in [-0.15, -0.1) is 0 Å². The van der Waals surface area contributed by atoms with Crippen molar-refractivity contribution in [3.05, 3.63) is 0 Å². The van der Waals surface area contributed by atoms with Gasteiger partial charge in [-0.2, -0.15) is 0 Å². The zero-order valence-corrected chi connectivity index (χ0v) is 9.12. The van der Waals surface area contributed by atoms with Gasteiger partial charge in [-0.05, 0) is 6.42 Å². The molecule has 0 heterocycles. The molecule has 3 N–H and O–H groups in total. The molecule has 0 spiro atoms. The summed E-state index contributed by atoms with van der Waals surface area (Å²) in [5, 5.41) is 12.6. The van der Waals surface area contributed by atoms with E-state index in [-0.39, 0.29) is 6.54 Å². The average molecular weight is 232 g/mol. The third kappa shape index (κ3) is 8.79. The lowest BCUT2D eigenvalue weighted by Crippen LogP contribution is -2.39. The Morgan fingerprint density at radius 1 is 1.19 bits per heavy atom. The van der Waals surface area contributed by atoms with Crippen LogP contribution in [0.4, 0.5) is 4.79 Å². The van der Waals surface area contributed by atoms with E-state index in [4.69, 9.17) is 9.84 Å². The summed E-state index contributed by atoms with van der Waals surface area (Å²) in [5.41, 5.74) is 0. The molecule has 0 aliphatic rings. The van der Waals surface area contributed by atoms with Crippen molar-refractivity contribution in [2.75, 3.05) is 19.7 Å². The van der Waals surface area contributed by atoms with Crippen LogP contribution in [0.1, 0.15) is 19.8 Å². The van der Waals surface area contributed by atoms with Gasteiger partial charge in [-0.1, -0.05) is 13.3 Å². The number of carbonyl (C=O) groups is 3. The molecular formula is C9H16N2O5. The van der Waals surface area contributed by atoms with Gasteiger partial charge in [0.15, 0.2) is 0 Å². The second kappa shape index (κ2) is 8.51. The van der Waals surface area contributed by atoms with Crippen LogP contribution < -0.4 is 10.6 Å². The molecule has 0 aliphatic heterocycles. The Labute approximate surface area is 93.2 Å². The minimum absolute atomic E-state index is 0.293. The number of nitrogens with one attached hydrogen (secondary N) is 2. The van der Waals surface area contributed by atoms with Crippen molar-refractivity contribution in [2.45, 2.75) is 19.8 Å². The van der Waals surface area contributed by atoms with Crippen molar-refractivity contribution in [3.8, 4) is 0 Å². The Kier molecular flexibility index (Phi) is 7.56. The Balaban J connectivity index is 3.51. The van der Waals surface area contributed by atoms with Crippen molar-refractivity contribution < 1.29 is 24.2 Å². The lowest BCUT2D eigenvalue weighted by Gasteiger charge is -2.06. The summed E-state index contributed by atoms with van der Waals surface area (Å²) in [7, 11) is 0. The van der Waals surface area contributed by atoms with Crippen molar-refractivity contribution in [1.29, 1.82) is 0 Å². The number of rotatable bonds is 7. The maximum Gasteiger partial charge on any atom is 0.407 e. The predicted molar refractivity (Wildman–Crippen MR) is 54.9 cm³/mol. The monoisotopic (exact) mass is 232 g/mol. The quantitative estimate of drug-likeness (QED) is 0.523. The first kappa shape index (κ1) is 14.2. The van der Waals surface area contributed by atoms with Crippen LogP contribution in [0, 0.1) is 0 Å². The summed E-state index contributed by atoms with van der Waals surface area (Å²) in [6.45, 7) is 1.50. The van der Waals surface area contributed by atoms with Crippen LogP contribution in [0.3, 0.4) is 0 Å². The van der Waals surface area contributed by atoms with Crippen molar-refractivity contribution in [1.82, 2.24) is 10.6 Å². The van der Waals surface area contributed by atoms with E-state index in [9.17, 15) is 14.4 Å². The first-order valence-corrected chi connectivity index (χ1v) is 4.95. The minimum Gasteiger partial charge on any atom is -0.480 e. The van der Waals surface area contributed by atoms with Gasteiger partial charge in [0.1, 0.15) is 13.1 Å². The number of hydrogen-bond donors (Lipinski definition) is 3. The Bertz CT molecular complexity index is 254. The Morgan fingerprint density at radius 3 is 2.44 bits per heavy atom. The fraction of sp³-hybridized carbons (Fsp3) is 0.667. The molecular weight excluding hydrogens is 216 g/mol. The molecule has 0 saturated carbocycles. The Morgan fingerprint density at radius 2 is 1.88 bits per heavy atom. The highest BCUT2D eigenvalue weighted by atomic mass is 16.5. The lowest BCUT2D eigenvalue weighted by molar-refractivity contribution is -0.137. The molecule has 7 nitrogen and oxygen atoms in total. The van der Waals surface area contributed by atoms with Gasteiger partial charge < -0.3 is 20.5 Å². The van der Waals surface area contributed by atoms with E-state index in [1.54, 1.807) is 0 Å². The van der Waals surface area contributed by atoms with Crippen LogP contribution in [0.25, 0.3) is 0 Å². The maximum atomic E-state index is 10.9. The van der Waals surface area contributed by atoms with Crippen LogP contribution >= 0.6 is 0 Å². The van der Waals surface area contributed by atoms with E-state index in [1.807, 2.05) is 6.92 Å². The maximum absolute atomic E-state index is 10.9. The summed E-state index contributed by atoms with van der Waals surface area (Å²) < 4.78 is 4.71. The molecule has 0 rings (SSSR count). The zero-order valence-electron chi connectivity index (χ0n) is 9.12. The first-order valence-electron chi connectivity index (χ1n) is 4.95. The minimum atomic E-state index is -1.14. The molecule has 2 amide bonds. The SMILES string of the molecule is CCCCOC(=O)NCC(=O)NCC(=O)O. The van der Waals surface area contributed by atoms with E-state index in [0.29, 0.717) is 6.61 Å². The third-order valence-corrected chi connectivity index (χ3v) is 1.56. The molecule has 0 unspecified atom stereocenters. The highest BCUT2D eigenvalue weighted by molar-refractivity contribution is 5.84. The molecule has 0 radical (unpaired) electrons. The van der Waals surface area contributed by atoms with Crippen LogP contribution in [-0.4, -0.2) is 42.8 Å². The predicted octanol–water partition coefficient (Wildman–Crippen LogP) is -0.286. The summed E-state index contributed by atoms with van der Waals surface area (Å²) >= 11 is 0. The fourth-order valence-corrected chi connectivity index (χ4v) is 0.749. The van der Waals surface area contributed by atoms with E-state index in [0.717, 1.165) is 12.8 Å². The normalized spacial score (nSPS) is 9.31. The number of alkyl carbamates (subject to hydrolysis) is 1. The van der Waals surface area contributed by atoms with Gasteiger partial charge in [0.2, 0.25) is 5.91 Å². The molecule has 0 atom stereocenters. The van der Waals surface area contributed by atoms with E-state index in [2.05, 4.69) is 10.6 Å². The largest absolute Gasteiger partial charge is 0.480 e. The summed E-state index contributed by atoms with van der Waals surface area (Å²) in [4.78, 5) is 32.0. The number of carbonyl (C=O) groups excluding carboxylic acids is 2. The lowest BCUT2D eigenvalue weighted by atomic mass is 10.4. The number of hydrogen-bond acceptors (Lipinski definition) is 4. The molecule has 0 saturated heterocycles. The number of carboxylic acid groups (broad SMARTS) is 1. The number of carboxylic acids is 1. The molecule has 7 heteroatoms. The van der Waals surface area contributed by atoms with Crippen LogP contribution in [-0.2, 0) is 14.3 Å². The molecule has 0 aromatic rings. The van der Waals surface area contributed by atoms with E-state index < -0.39 is 24.5 Å². The van der Waals surface area contributed by atoms with E-state index >= 15 is 0 Å². The fourth-order valence-electron chi connectivity index (χ4n) is 0.749.